The number of nitrogens with zero attached hydrogens (tertiary/aromatic N) is 2. The Labute approximate surface area is 183 Å². The number of carbonyl (C=O) groups excluding carboxylic acids is 3. The molecule has 9 heteroatoms. The number of fused-ring (bicyclic) bond motifs is 2. The number of piperidine rings is 1. The summed E-state index contributed by atoms with van der Waals surface area (Å²) in [5.41, 5.74) is 3.85. The molecule has 1 aliphatic carbocycles. The minimum atomic E-state index is -0.481. The lowest BCUT2D eigenvalue weighted by Crippen LogP contribution is -2.39. The van der Waals surface area contributed by atoms with Gasteiger partial charge in [0, 0.05) is 24.5 Å². The maximum atomic E-state index is 13.4. The monoisotopic (exact) mass is 435 g/mol. The smallest absolute Gasteiger partial charge is 0.319 e. The third kappa shape index (κ3) is 3.59. The first kappa shape index (κ1) is 20.2. The molecular weight excluding hydrogens is 413 g/mol. The second kappa shape index (κ2) is 7.74. The number of benzene rings is 2. The molecule has 4 amide bonds. The van der Waals surface area contributed by atoms with Gasteiger partial charge in [0.1, 0.15) is 5.82 Å². The second-order valence-corrected chi connectivity index (χ2v) is 8.28. The molecule has 1 saturated heterocycles. The summed E-state index contributed by atoms with van der Waals surface area (Å²) in [4.78, 5) is 36.3. The minimum Gasteiger partial charge on any atom is -0.331 e. The maximum Gasteiger partial charge on any atom is 0.319 e. The Morgan fingerprint density at radius 3 is 2.81 bits per heavy atom. The fourth-order valence-corrected chi connectivity index (χ4v) is 4.64. The number of urea groups is 1. The van der Waals surface area contributed by atoms with Gasteiger partial charge in [0.15, 0.2) is 0 Å². The lowest BCUT2D eigenvalue weighted by Gasteiger charge is -2.19. The van der Waals surface area contributed by atoms with Crippen LogP contribution in [0.15, 0.2) is 36.4 Å². The Hall–Kier alpha value is -3.75. The van der Waals surface area contributed by atoms with E-state index >= 15 is 0 Å². The number of rotatable bonds is 3. The van der Waals surface area contributed by atoms with Gasteiger partial charge in [0.05, 0.1) is 23.2 Å². The summed E-state index contributed by atoms with van der Waals surface area (Å²) in [7, 11) is 1.77. The zero-order chi connectivity index (χ0) is 22.4. The Kier molecular flexibility index (Phi) is 4.88. The van der Waals surface area contributed by atoms with E-state index in [2.05, 4.69) is 21.0 Å². The van der Waals surface area contributed by atoms with Gasteiger partial charge in [-0.3, -0.25) is 19.6 Å². The first-order valence-electron chi connectivity index (χ1n) is 10.6. The Morgan fingerprint density at radius 2 is 2.00 bits per heavy atom. The molecule has 2 aromatic carbocycles. The van der Waals surface area contributed by atoms with Crippen LogP contribution in [0, 0.1) is 5.82 Å². The van der Waals surface area contributed by atoms with Crippen molar-refractivity contribution in [3.8, 4) is 0 Å². The van der Waals surface area contributed by atoms with Crippen LogP contribution in [0.3, 0.4) is 0 Å². The van der Waals surface area contributed by atoms with Crippen LogP contribution in [0.25, 0.3) is 10.9 Å². The zero-order valence-electron chi connectivity index (χ0n) is 17.4. The second-order valence-electron chi connectivity index (χ2n) is 8.28. The SMILES string of the molecule is Cn1nc(C2CCC(=O)NC2=O)c2ccc(NC(=O)NC3CCc4cc(F)ccc43)cc21. The number of anilines is 1. The highest BCUT2D eigenvalue weighted by Gasteiger charge is 2.31. The standard InChI is InChI=1S/C23H22FN5O3/c1-29-19-11-14(4-6-16(19)21(28-29)17-7-9-20(30)27-22(17)31)25-23(32)26-18-8-2-12-10-13(24)3-5-15(12)18/h3-6,10-11,17-18H,2,7-9H2,1H3,(H2,25,26,32)(H,27,30,31). The summed E-state index contributed by atoms with van der Waals surface area (Å²) in [6, 6.07) is 9.53. The van der Waals surface area contributed by atoms with E-state index in [1.54, 1.807) is 29.9 Å². The topological polar surface area (TPSA) is 105 Å². The van der Waals surface area contributed by atoms with Gasteiger partial charge >= 0.3 is 6.03 Å². The van der Waals surface area contributed by atoms with E-state index in [9.17, 15) is 18.8 Å². The largest absolute Gasteiger partial charge is 0.331 e. The molecule has 1 aromatic heterocycles. The van der Waals surface area contributed by atoms with Crippen LogP contribution in [0.1, 0.15) is 48.0 Å². The molecule has 164 valence electrons. The summed E-state index contributed by atoms with van der Waals surface area (Å²) in [5, 5.41) is 13.5. The predicted octanol–water partition coefficient (Wildman–Crippen LogP) is 3.04. The van der Waals surface area contributed by atoms with Crippen molar-refractivity contribution in [2.24, 2.45) is 7.05 Å². The van der Waals surface area contributed by atoms with Crippen molar-refractivity contribution in [1.29, 1.82) is 0 Å². The Balaban J connectivity index is 1.33. The number of amides is 4. The van der Waals surface area contributed by atoms with E-state index in [-0.39, 0.29) is 36.1 Å². The van der Waals surface area contributed by atoms with Crippen LogP contribution in [-0.2, 0) is 23.1 Å². The molecule has 2 atom stereocenters. The highest BCUT2D eigenvalue weighted by Crippen LogP contribution is 2.33. The average molecular weight is 435 g/mol. The molecule has 3 aromatic rings. The van der Waals surface area contributed by atoms with E-state index < -0.39 is 5.92 Å². The van der Waals surface area contributed by atoms with E-state index in [1.165, 1.54) is 12.1 Å². The Morgan fingerprint density at radius 1 is 1.16 bits per heavy atom. The molecule has 0 bridgehead atoms. The summed E-state index contributed by atoms with van der Waals surface area (Å²) in [5.74, 6) is -1.35. The highest BCUT2D eigenvalue weighted by molar-refractivity contribution is 6.03. The normalized spacial score (nSPS) is 20.2. The van der Waals surface area contributed by atoms with Gasteiger partial charge in [-0.1, -0.05) is 6.07 Å². The molecular formula is C23H22FN5O3. The maximum absolute atomic E-state index is 13.4. The fourth-order valence-electron chi connectivity index (χ4n) is 4.64. The number of aromatic nitrogens is 2. The van der Waals surface area contributed by atoms with E-state index in [4.69, 9.17) is 0 Å². The van der Waals surface area contributed by atoms with Crippen LogP contribution < -0.4 is 16.0 Å². The summed E-state index contributed by atoms with van der Waals surface area (Å²) >= 11 is 0. The highest BCUT2D eigenvalue weighted by atomic mass is 19.1. The Bertz CT molecular complexity index is 1270. The number of carbonyl (C=O) groups is 3. The zero-order valence-corrected chi connectivity index (χ0v) is 17.4. The third-order valence-electron chi connectivity index (χ3n) is 6.20. The fraction of sp³-hybridized carbons (Fsp3) is 0.304. The van der Waals surface area contributed by atoms with Crippen LogP contribution >= 0.6 is 0 Å². The first-order chi connectivity index (χ1) is 15.4. The van der Waals surface area contributed by atoms with Crippen molar-refractivity contribution in [2.75, 3.05) is 5.32 Å². The molecule has 32 heavy (non-hydrogen) atoms. The van der Waals surface area contributed by atoms with Crippen LogP contribution in [0.4, 0.5) is 14.9 Å². The minimum absolute atomic E-state index is 0.162. The number of halogens is 1. The molecule has 1 aliphatic heterocycles. The molecule has 8 nitrogen and oxygen atoms in total. The summed E-state index contributed by atoms with van der Waals surface area (Å²) in [6.45, 7) is 0. The summed E-state index contributed by atoms with van der Waals surface area (Å²) < 4.78 is 15.1. The van der Waals surface area contributed by atoms with Crippen LogP contribution in [-0.4, -0.2) is 27.6 Å². The molecule has 3 N–H and O–H groups in total. The number of imide groups is 1. The van der Waals surface area contributed by atoms with Gasteiger partial charge in [-0.2, -0.15) is 5.10 Å². The van der Waals surface area contributed by atoms with Crippen LogP contribution in [0.5, 0.6) is 0 Å². The van der Waals surface area contributed by atoms with Gasteiger partial charge in [-0.25, -0.2) is 9.18 Å². The lowest BCUT2D eigenvalue weighted by molar-refractivity contribution is -0.134. The van der Waals surface area contributed by atoms with Gasteiger partial charge in [0.25, 0.3) is 0 Å². The van der Waals surface area contributed by atoms with Gasteiger partial charge in [-0.05, 0) is 60.7 Å². The van der Waals surface area contributed by atoms with E-state index in [1.807, 2.05) is 6.07 Å². The van der Waals surface area contributed by atoms with Gasteiger partial charge in [0.2, 0.25) is 11.8 Å². The molecule has 1 fully saturated rings. The van der Waals surface area contributed by atoms with E-state index in [0.717, 1.165) is 34.9 Å². The van der Waals surface area contributed by atoms with Crippen molar-refractivity contribution in [2.45, 2.75) is 37.6 Å². The lowest BCUT2D eigenvalue weighted by atomic mass is 9.93. The van der Waals surface area contributed by atoms with Crippen molar-refractivity contribution >= 4 is 34.4 Å². The average Bonchev–Trinajstić information content (AvgIpc) is 3.28. The van der Waals surface area contributed by atoms with Crippen molar-refractivity contribution < 1.29 is 18.8 Å². The molecule has 0 radical (unpaired) electrons. The first-order valence-corrected chi connectivity index (χ1v) is 10.6. The predicted molar refractivity (Wildman–Crippen MR) is 115 cm³/mol. The van der Waals surface area contributed by atoms with Crippen molar-refractivity contribution in [3.05, 3.63) is 59.0 Å². The van der Waals surface area contributed by atoms with Crippen LogP contribution in [0.2, 0.25) is 0 Å². The third-order valence-corrected chi connectivity index (χ3v) is 6.20. The molecule has 2 heterocycles. The number of hydrogen-bond donors (Lipinski definition) is 3. The number of hydrogen-bond acceptors (Lipinski definition) is 4. The summed E-state index contributed by atoms with van der Waals surface area (Å²) in [6.07, 6.45) is 2.15. The molecule has 2 unspecified atom stereocenters. The van der Waals surface area contributed by atoms with Gasteiger partial charge < -0.3 is 10.6 Å². The van der Waals surface area contributed by atoms with Crippen molar-refractivity contribution in [1.82, 2.24) is 20.4 Å². The molecule has 5 rings (SSSR count). The number of nitrogens with one attached hydrogen (secondary N) is 3. The van der Waals surface area contributed by atoms with E-state index in [0.29, 0.717) is 17.8 Å². The quantitative estimate of drug-likeness (QED) is 0.550. The molecule has 0 spiro atoms. The van der Waals surface area contributed by atoms with Crippen molar-refractivity contribution in [3.63, 3.8) is 0 Å². The number of aryl methyl sites for hydroxylation is 2. The molecule has 0 saturated carbocycles. The van der Waals surface area contributed by atoms with Gasteiger partial charge in [-0.15, -0.1) is 0 Å². The molecule has 2 aliphatic rings.